The van der Waals surface area contributed by atoms with E-state index in [1.165, 1.54) is 58.3 Å². The van der Waals surface area contributed by atoms with Gasteiger partial charge in [-0.2, -0.15) is 0 Å². The molecule has 0 fully saturated rings. The number of hydrogen-bond acceptors (Lipinski definition) is 4. The molecule has 6 heteroatoms. The van der Waals surface area contributed by atoms with Gasteiger partial charge in [0.25, 0.3) is 0 Å². The molecule has 0 saturated heterocycles. The minimum atomic E-state index is 0.637. The largest absolute Gasteiger partial charge is 0.309 e. The molecule has 0 spiro atoms. The van der Waals surface area contributed by atoms with Crippen LogP contribution in [0.25, 0.3) is 120 Å². The van der Waals surface area contributed by atoms with Gasteiger partial charge in [0.1, 0.15) is 0 Å². The lowest BCUT2D eigenvalue weighted by Crippen LogP contribution is -2.02. The molecule has 9 aromatic carbocycles. The minimum Gasteiger partial charge on any atom is -0.309 e. The Kier molecular flexibility index (Phi) is 7.41. The molecule has 0 unspecified atom stereocenters. The molecule has 0 aliphatic heterocycles. The van der Waals surface area contributed by atoms with Crippen molar-refractivity contribution in [1.29, 1.82) is 0 Å². The van der Waals surface area contributed by atoms with Crippen LogP contribution < -0.4 is 0 Å². The summed E-state index contributed by atoms with van der Waals surface area (Å²) in [6, 6.07) is 71.4. The van der Waals surface area contributed by atoms with E-state index >= 15 is 0 Å². The molecule has 0 atom stereocenters. The predicted molar refractivity (Wildman–Crippen MR) is 255 cm³/mol. The molecule has 13 aromatic rings. The Morgan fingerprint density at radius 2 is 0.902 bits per heavy atom. The third kappa shape index (κ3) is 5.16. The van der Waals surface area contributed by atoms with Crippen LogP contribution in [0.5, 0.6) is 0 Å². The van der Waals surface area contributed by atoms with Crippen LogP contribution in [0.3, 0.4) is 0 Å². The summed E-state index contributed by atoms with van der Waals surface area (Å²) in [7, 11) is 0. The Morgan fingerprint density at radius 1 is 0.328 bits per heavy atom. The van der Waals surface area contributed by atoms with Crippen LogP contribution in [0.15, 0.2) is 200 Å². The summed E-state index contributed by atoms with van der Waals surface area (Å²) >= 11 is 1.86. The number of benzene rings is 9. The van der Waals surface area contributed by atoms with Crippen LogP contribution in [0.1, 0.15) is 0 Å². The molecule has 61 heavy (non-hydrogen) atoms. The van der Waals surface area contributed by atoms with Gasteiger partial charge >= 0.3 is 0 Å². The van der Waals surface area contributed by atoms with E-state index in [9.17, 15) is 0 Å². The lowest BCUT2D eigenvalue weighted by molar-refractivity contribution is 1.08. The van der Waals surface area contributed by atoms with Gasteiger partial charge in [-0.3, -0.25) is 0 Å². The summed E-state index contributed by atoms with van der Waals surface area (Å²) in [4.78, 5) is 15.3. The lowest BCUT2D eigenvalue weighted by Gasteiger charge is -2.16. The number of aromatic nitrogens is 5. The van der Waals surface area contributed by atoms with Crippen molar-refractivity contribution in [1.82, 2.24) is 24.1 Å². The first kappa shape index (κ1) is 34.0. The Hall–Kier alpha value is -7.93. The molecule has 13 rings (SSSR count). The third-order valence-electron chi connectivity index (χ3n) is 12.2. The molecule has 0 N–H and O–H groups in total. The highest BCUT2D eigenvalue weighted by atomic mass is 32.1. The van der Waals surface area contributed by atoms with E-state index in [2.05, 4.69) is 173 Å². The lowest BCUT2D eigenvalue weighted by atomic mass is 10.0. The van der Waals surface area contributed by atoms with Crippen LogP contribution >= 0.6 is 11.3 Å². The SMILES string of the molecule is c1ccc(-c2nc(-c3ccccc3)nc(-c3ccc(-n4c5cc(-n6c7ccccc7c7ccccc76)ccc5c5c6c(ccc54)sc4ccccc46)c4ccccc34)n2)cc1. The molecule has 0 radical (unpaired) electrons. The van der Waals surface area contributed by atoms with Crippen molar-refractivity contribution in [3.05, 3.63) is 200 Å². The average molecular weight is 796 g/mol. The molecule has 4 aromatic heterocycles. The number of para-hydroxylation sites is 2. The van der Waals surface area contributed by atoms with E-state index in [1.807, 2.05) is 47.7 Å². The fraction of sp³-hybridized carbons (Fsp3) is 0. The first-order valence-electron chi connectivity index (χ1n) is 20.5. The molecule has 0 bridgehead atoms. The van der Waals surface area contributed by atoms with Crippen LogP contribution in [0.2, 0.25) is 0 Å². The van der Waals surface area contributed by atoms with E-state index < -0.39 is 0 Å². The van der Waals surface area contributed by atoms with E-state index in [-0.39, 0.29) is 0 Å². The Labute approximate surface area is 354 Å². The highest BCUT2D eigenvalue weighted by Gasteiger charge is 2.22. The number of fused-ring (bicyclic) bond motifs is 11. The molecule has 0 amide bonds. The molecular formula is C55H33N5S. The number of rotatable bonds is 5. The second-order valence-corrected chi connectivity index (χ2v) is 16.6. The van der Waals surface area contributed by atoms with Crippen LogP contribution in [-0.2, 0) is 0 Å². The molecular weight excluding hydrogens is 763 g/mol. The van der Waals surface area contributed by atoms with Crippen molar-refractivity contribution in [2.45, 2.75) is 0 Å². The maximum atomic E-state index is 5.16. The Morgan fingerprint density at radius 3 is 1.59 bits per heavy atom. The van der Waals surface area contributed by atoms with E-state index in [0.717, 1.165) is 44.4 Å². The zero-order valence-electron chi connectivity index (χ0n) is 32.7. The maximum absolute atomic E-state index is 5.16. The second kappa shape index (κ2) is 13.3. The molecule has 4 heterocycles. The molecule has 0 aliphatic rings. The summed E-state index contributed by atoms with van der Waals surface area (Å²) in [6.45, 7) is 0. The number of hydrogen-bond donors (Lipinski definition) is 0. The van der Waals surface area contributed by atoms with Gasteiger partial charge in [0, 0.05) is 69.5 Å². The van der Waals surface area contributed by atoms with Crippen molar-refractivity contribution in [3.8, 4) is 45.5 Å². The second-order valence-electron chi connectivity index (χ2n) is 15.6. The van der Waals surface area contributed by atoms with Gasteiger partial charge in [-0.1, -0.05) is 146 Å². The fourth-order valence-corrected chi connectivity index (χ4v) is 10.6. The summed E-state index contributed by atoms with van der Waals surface area (Å²) in [6.07, 6.45) is 0. The van der Waals surface area contributed by atoms with Crippen LogP contribution in [0.4, 0.5) is 0 Å². The zero-order chi connectivity index (χ0) is 40.0. The monoisotopic (exact) mass is 795 g/mol. The number of thiophene rings is 1. The summed E-state index contributed by atoms with van der Waals surface area (Å²) in [5.74, 6) is 1.92. The molecule has 0 aliphatic carbocycles. The highest BCUT2D eigenvalue weighted by Crippen LogP contribution is 2.45. The Balaban J connectivity index is 1.11. The van der Waals surface area contributed by atoms with E-state index in [4.69, 9.17) is 15.0 Å². The standard InChI is InChI=1S/C55H33N5S/c1-3-15-34(16-4-1)53-56-54(35-17-5-2-6-18-35)58-55(57-53)41-29-30-46(38-20-8-7-19-37(38)41)60-47-31-32-50-52(43-23-11-14-26-49(43)61-50)51(47)42-28-27-36(33-48(42)60)59-44-24-12-9-21-39(44)40-22-10-13-25-45(40)59/h1-33H. The third-order valence-corrected chi connectivity index (χ3v) is 13.3. The van der Waals surface area contributed by atoms with Crippen LogP contribution in [0, 0.1) is 0 Å². The first-order valence-corrected chi connectivity index (χ1v) is 21.3. The molecule has 0 saturated carbocycles. The summed E-state index contributed by atoms with van der Waals surface area (Å²) in [5, 5.41) is 9.76. The quantitative estimate of drug-likeness (QED) is 0.174. The van der Waals surface area contributed by atoms with Crippen molar-refractivity contribution >= 4 is 85.9 Å². The predicted octanol–water partition coefficient (Wildman–Crippen LogP) is 14.6. The summed E-state index contributed by atoms with van der Waals surface area (Å²) < 4.78 is 7.48. The van der Waals surface area contributed by atoms with Gasteiger partial charge in [0.2, 0.25) is 0 Å². The van der Waals surface area contributed by atoms with Crippen molar-refractivity contribution in [3.63, 3.8) is 0 Å². The van der Waals surface area contributed by atoms with Gasteiger partial charge in [0.05, 0.1) is 27.8 Å². The molecule has 5 nitrogen and oxygen atoms in total. The van der Waals surface area contributed by atoms with Gasteiger partial charge in [-0.05, 0) is 60.0 Å². The van der Waals surface area contributed by atoms with E-state index in [1.54, 1.807) is 0 Å². The zero-order valence-corrected chi connectivity index (χ0v) is 33.5. The Bertz CT molecular complexity index is 3770. The first-order chi connectivity index (χ1) is 30.3. The fourth-order valence-electron chi connectivity index (χ4n) is 9.51. The van der Waals surface area contributed by atoms with Crippen molar-refractivity contribution < 1.29 is 0 Å². The average Bonchev–Trinajstić information content (AvgIpc) is 3.99. The highest BCUT2D eigenvalue weighted by molar-refractivity contribution is 7.26. The van der Waals surface area contributed by atoms with Crippen molar-refractivity contribution in [2.24, 2.45) is 0 Å². The summed E-state index contributed by atoms with van der Waals surface area (Å²) in [5.41, 5.74) is 9.75. The van der Waals surface area contributed by atoms with Crippen LogP contribution in [-0.4, -0.2) is 24.1 Å². The van der Waals surface area contributed by atoms with Gasteiger partial charge in [-0.25, -0.2) is 15.0 Å². The van der Waals surface area contributed by atoms with Gasteiger partial charge in [0.15, 0.2) is 17.5 Å². The van der Waals surface area contributed by atoms with E-state index in [0.29, 0.717) is 17.5 Å². The van der Waals surface area contributed by atoms with Gasteiger partial charge < -0.3 is 9.13 Å². The number of nitrogens with zero attached hydrogens (tertiary/aromatic N) is 5. The maximum Gasteiger partial charge on any atom is 0.164 e. The molecule has 284 valence electrons. The topological polar surface area (TPSA) is 48.5 Å². The van der Waals surface area contributed by atoms with Gasteiger partial charge in [-0.15, -0.1) is 11.3 Å². The smallest absolute Gasteiger partial charge is 0.164 e. The normalized spacial score (nSPS) is 11.9. The minimum absolute atomic E-state index is 0.637. The van der Waals surface area contributed by atoms with Crippen molar-refractivity contribution in [2.75, 3.05) is 0 Å².